The predicted molar refractivity (Wildman–Crippen MR) is 60.0 cm³/mol. The largest absolute Gasteiger partial charge is 0.476 e. The summed E-state index contributed by atoms with van der Waals surface area (Å²) in [4.78, 5) is 15.5. The molecule has 2 rings (SSSR count). The second-order valence-corrected chi connectivity index (χ2v) is 4.13. The quantitative estimate of drug-likeness (QED) is 0.834. The Balaban J connectivity index is 1.83. The fourth-order valence-electron chi connectivity index (χ4n) is 1.20. The van der Waals surface area contributed by atoms with E-state index >= 15 is 0 Å². The fraction of sp³-hybridized carbons (Fsp3) is 0.200. The molecule has 2 aromatic heterocycles. The van der Waals surface area contributed by atoms with Gasteiger partial charge >= 0.3 is 5.97 Å². The van der Waals surface area contributed by atoms with Crippen LogP contribution in [0.3, 0.4) is 0 Å². The Labute approximate surface area is 95.7 Å². The Morgan fingerprint density at radius 3 is 3.12 bits per heavy atom. The van der Waals surface area contributed by atoms with Gasteiger partial charge in [-0.15, -0.1) is 11.3 Å². The van der Waals surface area contributed by atoms with E-state index in [0.717, 1.165) is 12.7 Å². The highest BCUT2D eigenvalue weighted by molar-refractivity contribution is 7.09. The number of nitrogens with one attached hydrogen (secondary N) is 1. The van der Waals surface area contributed by atoms with Gasteiger partial charge in [-0.25, -0.2) is 4.79 Å². The second kappa shape index (κ2) is 4.80. The third-order valence-corrected chi connectivity index (χ3v) is 2.89. The van der Waals surface area contributed by atoms with Gasteiger partial charge in [-0.3, -0.25) is 0 Å². The number of thiophene rings is 1. The number of oxazole rings is 1. The first kappa shape index (κ1) is 10.7. The lowest BCUT2D eigenvalue weighted by Crippen LogP contribution is -2.04. The Hall–Kier alpha value is -1.82. The maximum absolute atomic E-state index is 10.5. The Morgan fingerprint density at radius 1 is 1.62 bits per heavy atom. The van der Waals surface area contributed by atoms with Gasteiger partial charge in [-0.1, -0.05) is 6.07 Å². The van der Waals surface area contributed by atoms with Gasteiger partial charge in [0.25, 0.3) is 6.01 Å². The minimum atomic E-state index is -1.09. The molecule has 2 aromatic rings. The number of anilines is 1. The first-order valence-electron chi connectivity index (χ1n) is 4.71. The lowest BCUT2D eigenvalue weighted by molar-refractivity contribution is 0.0690. The average Bonchev–Trinajstić information content (AvgIpc) is 2.87. The number of carboxylic acid groups (broad SMARTS) is 1. The van der Waals surface area contributed by atoms with Gasteiger partial charge in [0.1, 0.15) is 6.26 Å². The summed E-state index contributed by atoms with van der Waals surface area (Å²) in [5, 5.41) is 13.6. The fourth-order valence-corrected chi connectivity index (χ4v) is 1.91. The molecule has 0 aliphatic rings. The molecule has 2 N–H and O–H groups in total. The smallest absolute Gasteiger partial charge is 0.357 e. The molecule has 84 valence electrons. The second-order valence-electron chi connectivity index (χ2n) is 3.10. The summed E-state index contributed by atoms with van der Waals surface area (Å²) in [6.45, 7) is 0.667. The van der Waals surface area contributed by atoms with Crippen molar-refractivity contribution >= 4 is 23.3 Å². The maximum Gasteiger partial charge on any atom is 0.357 e. The van der Waals surface area contributed by atoms with Crippen molar-refractivity contribution in [3.8, 4) is 0 Å². The van der Waals surface area contributed by atoms with E-state index in [4.69, 9.17) is 9.52 Å². The molecule has 16 heavy (non-hydrogen) atoms. The van der Waals surface area contributed by atoms with Gasteiger partial charge < -0.3 is 14.8 Å². The molecule has 0 aliphatic carbocycles. The van der Waals surface area contributed by atoms with Crippen molar-refractivity contribution < 1.29 is 14.3 Å². The number of hydrogen-bond donors (Lipinski definition) is 2. The standard InChI is InChI=1S/C10H10N2O3S/c13-9(14)8-6-15-10(12-8)11-4-3-7-2-1-5-16-7/h1-2,5-6H,3-4H2,(H,11,12)(H,13,14). The maximum atomic E-state index is 10.5. The van der Waals surface area contributed by atoms with Crippen LogP contribution in [0.25, 0.3) is 0 Å². The number of carbonyl (C=O) groups is 1. The molecule has 0 bridgehead atoms. The molecule has 0 fully saturated rings. The van der Waals surface area contributed by atoms with E-state index in [9.17, 15) is 4.79 Å². The van der Waals surface area contributed by atoms with Crippen molar-refractivity contribution in [2.24, 2.45) is 0 Å². The molecule has 0 saturated carbocycles. The third-order valence-electron chi connectivity index (χ3n) is 1.95. The van der Waals surface area contributed by atoms with Crippen molar-refractivity contribution in [1.29, 1.82) is 0 Å². The summed E-state index contributed by atoms with van der Waals surface area (Å²) in [6.07, 6.45) is 1.98. The number of aromatic nitrogens is 1. The molecule has 0 aromatic carbocycles. The number of carboxylic acids is 1. The van der Waals surface area contributed by atoms with Gasteiger partial charge in [0.05, 0.1) is 0 Å². The van der Waals surface area contributed by atoms with Crippen molar-refractivity contribution in [3.63, 3.8) is 0 Å². The van der Waals surface area contributed by atoms with Gasteiger partial charge in [0, 0.05) is 11.4 Å². The van der Waals surface area contributed by atoms with Crippen LogP contribution in [0.4, 0.5) is 6.01 Å². The highest BCUT2D eigenvalue weighted by Gasteiger charge is 2.09. The summed E-state index contributed by atoms with van der Waals surface area (Å²) in [5.74, 6) is -1.09. The van der Waals surface area contributed by atoms with Crippen LogP contribution in [0.2, 0.25) is 0 Å². The molecular formula is C10H10N2O3S. The molecular weight excluding hydrogens is 228 g/mol. The molecule has 0 amide bonds. The normalized spacial score (nSPS) is 10.2. The molecule has 0 aliphatic heterocycles. The third kappa shape index (κ3) is 2.60. The van der Waals surface area contributed by atoms with Crippen molar-refractivity contribution in [2.45, 2.75) is 6.42 Å². The van der Waals surface area contributed by atoms with E-state index in [-0.39, 0.29) is 11.7 Å². The minimum absolute atomic E-state index is 0.0846. The minimum Gasteiger partial charge on any atom is -0.476 e. The predicted octanol–water partition coefficient (Wildman–Crippen LogP) is 2.09. The lowest BCUT2D eigenvalue weighted by atomic mass is 10.3. The lowest BCUT2D eigenvalue weighted by Gasteiger charge is -1.98. The SMILES string of the molecule is O=C(O)c1coc(NCCc2cccs2)n1. The van der Waals surface area contributed by atoms with Crippen LogP contribution < -0.4 is 5.32 Å². The summed E-state index contributed by atoms with van der Waals surface area (Å²) in [6, 6.07) is 4.28. The molecule has 2 heterocycles. The molecule has 0 radical (unpaired) electrons. The van der Waals surface area contributed by atoms with Crippen molar-refractivity contribution in [3.05, 3.63) is 34.3 Å². The van der Waals surface area contributed by atoms with Crippen LogP contribution in [0, 0.1) is 0 Å². The summed E-state index contributed by atoms with van der Waals surface area (Å²) in [7, 11) is 0. The van der Waals surface area contributed by atoms with Gasteiger partial charge in [0.2, 0.25) is 0 Å². The molecule has 0 spiro atoms. The van der Waals surface area contributed by atoms with Gasteiger partial charge in [-0.05, 0) is 17.9 Å². The van der Waals surface area contributed by atoms with Crippen LogP contribution in [0.1, 0.15) is 15.4 Å². The Bertz CT molecular complexity index is 464. The van der Waals surface area contributed by atoms with Gasteiger partial charge in [-0.2, -0.15) is 4.98 Å². The van der Waals surface area contributed by atoms with E-state index in [1.807, 2.05) is 17.5 Å². The van der Waals surface area contributed by atoms with Gasteiger partial charge in [0.15, 0.2) is 5.69 Å². The molecule has 6 heteroatoms. The zero-order valence-electron chi connectivity index (χ0n) is 8.34. The Kier molecular flexibility index (Phi) is 3.21. The van der Waals surface area contributed by atoms with E-state index in [1.54, 1.807) is 11.3 Å². The molecule has 0 saturated heterocycles. The van der Waals surface area contributed by atoms with Crippen LogP contribution >= 0.6 is 11.3 Å². The van der Waals surface area contributed by atoms with E-state index in [2.05, 4.69) is 10.3 Å². The number of hydrogen-bond acceptors (Lipinski definition) is 5. The first-order valence-corrected chi connectivity index (χ1v) is 5.59. The topological polar surface area (TPSA) is 75.4 Å². The molecule has 0 unspecified atom stereocenters. The zero-order valence-corrected chi connectivity index (χ0v) is 9.16. The average molecular weight is 238 g/mol. The number of rotatable bonds is 5. The molecule has 0 atom stereocenters. The zero-order chi connectivity index (χ0) is 11.4. The monoisotopic (exact) mass is 238 g/mol. The summed E-state index contributed by atoms with van der Waals surface area (Å²) < 4.78 is 4.95. The number of aromatic carboxylic acids is 1. The summed E-state index contributed by atoms with van der Waals surface area (Å²) >= 11 is 1.68. The van der Waals surface area contributed by atoms with Crippen molar-refractivity contribution in [1.82, 2.24) is 4.98 Å². The van der Waals surface area contributed by atoms with Crippen LogP contribution in [-0.2, 0) is 6.42 Å². The van der Waals surface area contributed by atoms with Crippen LogP contribution in [0.15, 0.2) is 28.2 Å². The highest BCUT2D eigenvalue weighted by atomic mass is 32.1. The Morgan fingerprint density at radius 2 is 2.50 bits per heavy atom. The van der Waals surface area contributed by atoms with Crippen molar-refractivity contribution in [2.75, 3.05) is 11.9 Å². The first-order chi connectivity index (χ1) is 7.75. The van der Waals surface area contributed by atoms with E-state index in [1.165, 1.54) is 4.88 Å². The van der Waals surface area contributed by atoms with E-state index in [0.29, 0.717) is 6.54 Å². The summed E-state index contributed by atoms with van der Waals surface area (Å²) in [5.41, 5.74) is -0.0846. The van der Waals surface area contributed by atoms with Crippen LogP contribution in [0.5, 0.6) is 0 Å². The van der Waals surface area contributed by atoms with Crippen LogP contribution in [-0.4, -0.2) is 22.6 Å². The highest BCUT2D eigenvalue weighted by Crippen LogP contribution is 2.11. The van der Waals surface area contributed by atoms with E-state index < -0.39 is 5.97 Å². The number of nitrogens with zero attached hydrogens (tertiary/aromatic N) is 1. The molecule has 5 nitrogen and oxygen atoms in total.